The number of nitro benzene ring substituents is 1. The van der Waals surface area contributed by atoms with E-state index in [9.17, 15) is 19.7 Å². The molecule has 176 valence electrons. The van der Waals surface area contributed by atoms with E-state index in [-0.39, 0.29) is 29.9 Å². The number of hydrogen-bond acceptors (Lipinski definition) is 6. The van der Waals surface area contributed by atoms with Crippen LogP contribution in [0.2, 0.25) is 5.02 Å². The highest BCUT2D eigenvalue weighted by molar-refractivity contribution is 6.30. The average molecular weight is 481 g/mol. The van der Waals surface area contributed by atoms with Gasteiger partial charge in [-0.25, -0.2) is 4.79 Å². The van der Waals surface area contributed by atoms with Crippen LogP contribution in [-0.2, 0) is 14.3 Å². The van der Waals surface area contributed by atoms with Crippen LogP contribution in [0.25, 0.3) is 0 Å². The number of nitrogens with one attached hydrogen (secondary N) is 1. The summed E-state index contributed by atoms with van der Waals surface area (Å²) in [7, 11) is 0. The van der Waals surface area contributed by atoms with E-state index in [4.69, 9.17) is 16.3 Å². The molecule has 8 heteroatoms. The van der Waals surface area contributed by atoms with Gasteiger partial charge >= 0.3 is 5.97 Å². The molecule has 0 aromatic heterocycles. The first-order valence-electron chi connectivity index (χ1n) is 11.1. The molecular weight excluding hydrogens is 456 g/mol. The first-order valence-corrected chi connectivity index (χ1v) is 11.5. The van der Waals surface area contributed by atoms with Crippen molar-refractivity contribution >= 4 is 29.0 Å². The molecule has 2 aromatic carbocycles. The molecule has 0 saturated carbocycles. The lowest BCUT2D eigenvalue weighted by atomic mass is 9.71. The van der Waals surface area contributed by atoms with E-state index in [0.717, 1.165) is 11.3 Å². The van der Waals surface area contributed by atoms with Crippen molar-refractivity contribution in [3.63, 3.8) is 0 Å². The van der Waals surface area contributed by atoms with Crippen LogP contribution >= 0.6 is 11.6 Å². The highest BCUT2D eigenvalue weighted by atomic mass is 35.5. The van der Waals surface area contributed by atoms with Crippen LogP contribution in [0.15, 0.2) is 71.1 Å². The van der Waals surface area contributed by atoms with Gasteiger partial charge in [0, 0.05) is 46.5 Å². The number of Topliss-reactive ketones (excluding diaryl/α,β-unsaturated/α-hetero) is 1. The fraction of sp³-hybridized carbons (Fsp3) is 0.308. The summed E-state index contributed by atoms with van der Waals surface area (Å²) in [6.07, 6.45) is 0.474. The van der Waals surface area contributed by atoms with Gasteiger partial charge in [-0.1, -0.05) is 35.9 Å². The maximum Gasteiger partial charge on any atom is 0.337 e. The average Bonchev–Trinajstić information content (AvgIpc) is 2.78. The van der Waals surface area contributed by atoms with E-state index in [0.29, 0.717) is 33.9 Å². The molecule has 1 N–H and O–H groups in total. The van der Waals surface area contributed by atoms with Gasteiger partial charge in [0.25, 0.3) is 5.69 Å². The topological polar surface area (TPSA) is 98.5 Å². The van der Waals surface area contributed by atoms with Crippen molar-refractivity contribution in [2.45, 2.75) is 51.6 Å². The summed E-state index contributed by atoms with van der Waals surface area (Å²) < 4.78 is 5.49. The Labute approximate surface area is 202 Å². The van der Waals surface area contributed by atoms with Crippen molar-refractivity contribution < 1.29 is 19.2 Å². The number of nitro groups is 1. The fourth-order valence-electron chi connectivity index (χ4n) is 4.71. The summed E-state index contributed by atoms with van der Waals surface area (Å²) in [5, 5.41) is 15.3. The zero-order chi connectivity index (χ0) is 24.6. The van der Waals surface area contributed by atoms with Gasteiger partial charge in [0.15, 0.2) is 5.78 Å². The molecule has 1 aliphatic carbocycles. The second kappa shape index (κ2) is 9.43. The summed E-state index contributed by atoms with van der Waals surface area (Å²) in [4.78, 5) is 37.6. The van der Waals surface area contributed by atoms with E-state index >= 15 is 0 Å². The van der Waals surface area contributed by atoms with E-state index in [1.165, 1.54) is 12.1 Å². The van der Waals surface area contributed by atoms with Gasteiger partial charge in [-0.15, -0.1) is 0 Å². The number of carbonyl (C=O) groups is 2. The number of halogens is 1. The maximum absolute atomic E-state index is 13.5. The standard InChI is InChI=1S/C26H25ClN2O5/c1-14(2)34-26(31)23-15(3)28-21-12-18(16-7-9-19(27)10-8-16)13-22(30)25(21)24(23)17-5-4-6-20(11-17)29(32)33/h4-11,14,18,24,28H,12-13H2,1-3H3/t18-,24-/m0/s1. The van der Waals surface area contributed by atoms with Crippen LogP contribution in [-0.4, -0.2) is 22.8 Å². The van der Waals surface area contributed by atoms with Gasteiger partial charge in [-0.3, -0.25) is 14.9 Å². The second-order valence-electron chi connectivity index (χ2n) is 8.87. The minimum atomic E-state index is -0.749. The zero-order valence-corrected chi connectivity index (χ0v) is 19.9. The van der Waals surface area contributed by atoms with Crippen molar-refractivity contribution in [2.75, 3.05) is 0 Å². The lowest BCUT2D eigenvalue weighted by molar-refractivity contribution is -0.384. The summed E-state index contributed by atoms with van der Waals surface area (Å²) in [5.74, 6) is -1.44. The van der Waals surface area contributed by atoms with Gasteiger partial charge < -0.3 is 10.1 Å². The highest BCUT2D eigenvalue weighted by Gasteiger charge is 2.41. The van der Waals surface area contributed by atoms with Crippen LogP contribution in [0.5, 0.6) is 0 Å². The number of rotatable bonds is 5. The number of ketones is 1. The van der Waals surface area contributed by atoms with Crippen LogP contribution < -0.4 is 5.32 Å². The van der Waals surface area contributed by atoms with Gasteiger partial charge in [-0.2, -0.15) is 0 Å². The smallest absolute Gasteiger partial charge is 0.337 e. The van der Waals surface area contributed by atoms with Crippen LogP contribution in [0.4, 0.5) is 5.69 Å². The van der Waals surface area contributed by atoms with Crippen molar-refractivity contribution in [1.29, 1.82) is 0 Å². The monoisotopic (exact) mass is 480 g/mol. The molecule has 4 rings (SSSR count). The second-order valence-corrected chi connectivity index (χ2v) is 9.31. The molecule has 2 aromatic rings. The normalized spacial score (nSPS) is 20.2. The maximum atomic E-state index is 13.5. The Bertz CT molecular complexity index is 1230. The summed E-state index contributed by atoms with van der Waals surface area (Å²) >= 11 is 6.03. The number of non-ortho nitro benzene ring substituents is 1. The molecule has 0 bridgehead atoms. The number of hydrogen-bond donors (Lipinski definition) is 1. The van der Waals surface area contributed by atoms with E-state index in [1.807, 2.05) is 12.1 Å². The molecule has 0 saturated heterocycles. The zero-order valence-electron chi connectivity index (χ0n) is 19.1. The molecule has 0 spiro atoms. The Balaban J connectivity index is 1.82. The van der Waals surface area contributed by atoms with Crippen LogP contribution in [0, 0.1) is 10.1 Å². The minimum absolute atomic E-state index is 0.0428. The third-order valence-electron chi connectivity index (χ3n) is 6.15. The summed E-state index contributed by atoms with van der Waals surface area (Å²) in [6, 6.07) is 13.5. The quantitative estimate of drug-likeness (QED) is 0.341. The number of nitrogens with zero attached hydrogens (tertiary/aromatic N) is 1. The molecule has 0 unspecified atom stereocenters. The number of allylic oxidation sites excluding steroid dienone is 3. The third-order valence-corrected chi connectivity index (χ3v) is 6.40. The predicted molar refractivity (Wildman–Crippen MR) is 128 cm³/mol. The van der Waals surface area contributed by atoms with Crippen LogP contribution in [0.1, 0.15) is 56.6 Å². The lowest BCUT2D eigenvalue weighted by Crippen LogP contribution is -2.36. The highest BCUT2D eigenvalue weighted by Crippen LogP contribution is 2.46. The molecular formula is C26H25ClN2O5. The predicted octanol–water partition coefficient (Wildman–Crippen LogP) is 5.56. The van der Waals surface area contributed by atoms with E-state index < -0.39 is 16.8 Å². The van der Waals surface area contributed by atoms with Crippen molar-refractivity contribution in [3.05, 3.63) is 97.3 Å². The minimum Gasteiger partial charge on any atom is -0.460 e. The van der Waals surface area contributed by atoms with Crippen molar-refractivity contribution in [2.24, 2.45) is 0 Å². The Hall–Kier alpha value is -3.45. The van der Waals surface area contributed by atoms with Gasteiger partial charge in [0.1, 0.15) is 0 Å². The van der Waals surface area contributed by atoms with Crippen molar-refractivity contribution in [1.82, 2.24) is 5.32 Å². The molecule has 34 heavy (non-hydrogen) atoms. The summed E-state index contributed by atoms with van der Waals surface area (Å²) in [5.41, 5.74) is 3.48. The molecule has 0 fully saturated rings. The lowest BCUT2D eigenvalue weighted by Gasteiger charge is -2.36. The molecule has 7 nitrogen and oxygen atoms in total. The van der Waals surface area contributed by atoms with Crippen LogP contribution in [0.3, 0.4) is 0 Å². The summed E-state index contributed by atoms with van der Waals surface area (Å²) in [6.45, 7) is 5.26. The SMILES string of the molecule is CC1=C(C(=O)OC(C)C)[C@H](c2cccc([N+](=O)[O-])c2)C2=C(C[C@H](c3ccc(Cl)cc3)CC2=O)N1. The van der Waals surface area contributed by atoms with Gasteiger partial charge in [0.05, 0.1) is 16.6 Å². The fourth-order valence-corrected chi connectivity index (χ4v) is 4.84. The molecule has 0 amide bonds. The Morgan fingerprint density at radius 1 is 1.15 bits per heavy atom. The molecule has 2 atom stereocenters. The molecule has 1 aliphatic heterocycles. The van der Waals surface area contributed by atoms with Gasteiger partial charge in [-0.05, 0) is 56.4 Å². The van der Waals surface area contributed by atoms with E-state index in [1.54, 1.807) is 45.0 Å². The number of dihydropyridines is 1. The number of ether oxygens (including phenoxy) is 1. The Kier molecular flexibility index (Phi) is 6.57. The first-order chi connectivity index (χ1) is 16.2. The molecule has 1 heterocycles. The molecule has 2 aliphatic rings. The van der Waals surface area contributed by atoms with Crippen molar-refractivity contribution in [3.8, 4) is 0 Å². The van der Waals surface area contributed by atoms with Gasteiger partial charge in [0.2, 0.25) is 0 Å². The first kappa shape index (κ1) is 23.7. The Morgan fingerprint density at radius 3 is 2.50 bits per heavy atom. The third kappa shape index (κ3) is 4.61. The number of carbonyl (C=O) groups excluding carboxylic acids is 2. The largest absolute Gasteiger partial charge is 0.460 e. The Morgan fingerprint density at radius 2 is 1.85 bits per heavy atom. The molecule has 0 radical (unpaired) electrons. The number of benzene rings is 2. The number of esters is 1. The van der Waals surface area contributed by atoms with E-state index in [2.05, 4.69) is 5.32 Å².